The van der Waals surface area contributed by atoms with Crippen LogP contribution in [0, 0.1) is 6.92 Å². The molecule has 0 amide bonds. The molecule has 0 fully saturated rings. The highest BCUT2D eigenvalue weighted by Gasteiger charge is 2.07. The summed E-state index contributed by atoms with van der Waals surface area (Å²) in [5, 5.41) is 0. The molecule has 4 heteroatoms. The zero-order valence-corrected chi connectivity index (χ0v) is 8.34. The molecule has 0 saturated carbocycles. The minimum absolute atomic E-state index is 0.0116. The largest absolute Gasteiger partial charge is 0.441 e. The monoisotopic (exact) mass is 209 g/mol. The van der Waals surface area contributed by atoms with E-state index in [0.29, 0.717) is 22.6 Å². The molecule has 2 aromatic rings. The van der Waals surface area contributed by atoms with Gasteiger partial charge in [-0.05, 0) is 18.2 Å². The summed E-state index contributed by atoms with van der Waals surface area (Å²) in [6, 6.07) is 5.11. The molecule has 72 valence electrons. The predicted molar refractivity (Wildman–Crippen MR) is 53.8 cm³/mol. The van der Waals surface area contributed by atoms with Crippen LogP contribution < -0.4 is 0 Å². The topological polar surface area (TPSA) is 43.1 Å². The van der Waals surface area contributed by atoms with E-state index in [0.717, 1.165) is 0 Å². The molecule has 0 atom stereocenters. The number of ketones is 1. The second-order valence-corrected chi connectivity index (χ2v) is 3.24. The summed E-state index contributed by atoms with van der Waals surface area (Å²) in [4.78, 5) is 15.4. The fraction of sp³-hybridized carbons (Fsp3) is 0.200. The number of Topliss-reactive ketones (excluding diaryl/α,β-unsaturated/α-hetero) is 1. The Morgan fingerprint density at radius 3 is 3.07 bits per heavy atom. The minimum atomic E-state index is -0.103. The first-order chi connectivity index (χ1) is 6.70. The molecule has 0 aliphatic carbocycles. The van der Waals surface area contributed by atoms with E-state index < -0.39 is 0 Å². The van der Waals surface area contributed by atoms with Gasteiger partial charge in [0.2, 0.25) is 0 Å². The van der Waals surface area contributed by atoms with Gasteiger partial charge >= 0.3 is 0 Å². The number of rotatable bonds is 2. The number of fused-ring (bicyclic) bond motifs is 1. The van der Waals surface area contributed by atoms with Crippen LogP contribution in [0.2, 0.25) is 0 Å². The van der Waals surface area contributed by atoms with Crippen molar-refractivity contribution in [2.24, 2.45) is 0 Å². The van der Waals surface area contributed by atoms with Crippen molar-refractivity contribution in [3.63, 3.8) is 0 Å². The van der Waals surface area contributed by atoms with Crippen molar-refractivity contribution in [2.75, 3.05) is 5.88 Å². The highest BCUT2D eigenvalue weighted by atomic mass is 35.5. The predicted octanol–water partition coefficient (Wildman–Crippen LogP) is 2.56. The lowest BCUT2D eigenvalue weighted by atomic mass is 10.1. The summed E-state index contributed by atoms with van der Waals surface area (Å²) in [6.07, 6.45) is 0. The molecular weight excluding hydrogens is 202 g/mol. The normalized spacial score (nSPS) is 10.7. The number of hydrogen-bond donors (Lipinski definition) is 0. The van der Waals surface area contributed by atoms with Gasteiger partial charge in [0.05, 0.1) is 5.88 Å². The van der Waals surface area contributed by atoms with Crippen molar-refractivity contribution < 1.29 is 9.21 Å². The zero-order chi connectivity index (χ0) is 10.1. The number of carbonyl (C=O) groups is 1. The first-order valence-corrected chi connectivity index (χ1v) is 4.70. The number of benzene rings is 1. The molecule has 2 rings (SSSR count). The Morgan fingerprint density at radius 2 is 2.36 bits per heavy atom. The summed E-state index contributed by atoms with van der Waals surface area (Å²) < 4.78 is 5.28. The van der Waals surface area contributed by atoms with Crippen LogP contribution in [0.25, 0.3) is 11.1 Å². The summed E-state index contributed by atoms with van der Waals surface area (Å²) in [5.74, 6) is 0.479. The standard InChI is InChI=1S/C10H8ClNO2/c1-6-12-8-4-7(9(13)5-11)2-3-10(8)14-6/h2-4H,5H2,1H3. The smallest absolute Gasteiger partial charge is 0.192 e. The van der Waals surface area contributed by atoms with Crippen molar-refractivity contribution in [1.29, 1.82) is 0 Å². The summed E-state index contributed by atoms with van der Waals surface area (Å²) in [7, 11) is 0. The number of nitrogens with zero attached hydrogens (tertiary/aromatic N) is 1. The van der Waals surface area contributed by atoms with Crippen LogP contribution in [0.3, 0.4) is 0 Å². The average molecular weight is 210 g/mol. The molecule has 0 spiro atoms. The number of alkyl halides is 1. The molecule has 0 aliphatic heterocycles. The highest BCUT2D eigenvalue weighted by Crippen LogP contribution is 2.17. The van der Waals surface area contributed by atoms with E-state index in [9.17, 15) is 4.79 Å². The maximum atomic E-state index is 11.3. The third-order valence-corrected chi connectivity index (χ3v) is 2.18. The van der Waals surface area contributed by atoms with Crippen molar-refractivity contribution in [2.45, 2.75) is 6.92 Å². The first kappa shape index (κ1) is 9.21. The molecule has 3 nitrogen and oxygen atoms in total. The maximum absolute atomic E-state index is 11.3. The fourth-order valence-electron chi connectivity index (χ4n) is 1.29. The van der Waals surface area contributed by atoms with Gasteiger partial charge in [0, 0.05) is 12.5 Å². The molecule has 1 aromatic heterocycles. The third kappa shape index (κ3) is 1.51. The quantitative estimate of drug-likeness (QED) is 0.564. The molecule has 0 aliphatic rings. The second kappa shape index (κ2) is 3.42. The van der Waals surface area contributed by atoms with Gasteiger partial charge in [-0.15, -0.1) is 11.6 Å². The van der Waals surface area contributed by atoms with Crippen LogP contribution in [0.1, 0.15) is 16.2 Å². The van der Waals surface area contributed by atoms with Crippen molar-refractivity contribution in [3.05, 3.63) is 29.7 Å². The Labute approximate surface area is 85.7 Å². The Morgan fingerprint density at radius 1 is 1.57 bits per heavy atom. The Bertz CT molecular complexity index is 490. The van der Waals surface area contributed by atoms with E-state index in [1.807, 2.05) is 0 Å². The van der Waals surface area contributed by atoms with Gasteiger partial charge in [-0.25, -0.2) is 4.98 Å². The van der Waals surface area contributed by atoms with Crippen LogP contribution in [0.4, 0.5) is 0 Å². The number of aryl methyl sites for hydroxylation is 1. The lowest BCUT2D eigenvalue weighted by Gasteiger charge is -1.94. The van der Waals surface area contributed by atoms with Crippen molar-refractivity contribution in [3.8, 4) is 0 Å². The van der Waals surface area contributed by atoms with E-state index in [2.05, 4.69) is 4.98 Å². The van der Waals surface area contributed by atoms with Crippen LogP contribution in [0.5, 0.6) is 0 Å². The van der Waals surface area contributed by atoms with E-state index in [-0.39, 0.29) is 11.7 Å². The van der Waals surface area contributed by atoms with Gasteiger partial charge < -0.3 is 4.42 Å². The molecule has 0 unspecified atom stereocenters. The zero-order valence-electron chi connectivity index (χ0n) is 7.58. The van der Waals surface area contributed by atoms with Gasteiger partial charge in [-0.1, -0.05) is 0 Å². The number of halogens is 1. The van der Waals surface area contributed by atoms with Crippen LogP contribution in [-0.4, -0.2) is 16.6 Å². The first-order valence-electron chi connectivity index (χ1n) is 4.17. The Hall–Kier alpha value is -1.35. The molecule has 0 radical (unpaired) electrons. The van der Waals surface area contributed by atoms with Crippen molar-refractivity contribution in [1.82, 2.24) is 4.98 Å². The van der Waals surface area contributed by atoms with E-state index in [1.165, 1.54) is 0 Å². The number of carbonyl (C=O) groups excluding carboxylic acids is 1. The molecule has 14 heavy (non-hydrogen) atoms. The molecule has 0 saturated heterocycles. The minimum Gasteiger partial charge on any atom is -0.441 e. The van der Waals surface area contributed by atoms with Gasteiger partial charge in [0.15, 0.2) is 17.3 Å². The third-order valence-electron chi connectivity index (χ3n) is 1.94. The molecule has 0 bridgehead atoms. The lowest BCUT2D eigenvalue weighted by molar-refractivity contribution is 0.102. The SMILES string of the molecule is Cc1nc2cc(C(=O)CCl)ccc2o1. The molecule has 1 aromatic carbocycles. The van der Waals surface area contributed by atoms with E-state index in [1.54, 1.807) is 25.1 Å². The summed E-state index contributed by atoms with van der Waals surface area (Å²) in [6.45, 7) is 1.77. The molecule has 0 N–H and O–H groups in total. The fourth-order valence-corrected chi connectivity index (χ4v) is 1.45. The van der Waals surface area contributed by atoms with E-state index >= 15 is 0 Å². The van der Waals surface area contributed by atoms with Crippen molar-refractivity contribution >= 4 is 28.5 Å². The number of aromatic nitrogens is 1. The number of hydrogen-bond acceptors (Lipinski definition) is 3. The summed E-state index contributed by atoms with van der Waals surface area (Å²) >= 11 is 5.45. The molecular formula is C10H8ClNO2. The number of oxazole rings is 1. The van der Waals surface area contributed by atoms with Gasteiger partial charge in [-0.3, -0.25) is 4.79 Å². The lowest BCUT2D eigenvalue weighted by Crippen LogP contribution is -1.99. The van der Waals surface area contributed by atoms with Gasteiger partial charge in [0.1, 0.15) is 5.52 Å². The Balaban J connectivity index is 2.55. The van der Waals surface area contributed by atoms with Crippen LogP contribution in [-0.2, 0) is 0 Å². The van der Waals surface area contributed by atoms with Gasteiger partial charge in [0.25, 0.3) is 0 Å². The second-order valence-electron chi connectivity index (χ2n) is 2.97. The van der Waals surface area contributed by atoms with Crippen LogP contribution >= 0.6 is 11.6 Å². The van der Waals surface area contributed by atoms with E-state index in [4.69, 9.17) is 16.0 Å². The average Bonchev–Trinajstić information content (AvgIpc) is 2.55. The summed E-state index contributed by atoms with van der Waals surface area (Å²) in [5.41, 5.74) is 1.95. The van der Waals surface area contributed by atoms with Crippen LogP contribution in [0.15, 0.2) is 22.6 Å². The Kier molecular flexibility index (Phi) is 2.25. The maximum Gasteiger partial charge on any atom is 0.192 e. The molecule has 1 heterocycles. The highest BCUT2D eigenvalue weighted by molar-refractivity contribution is 6.30. The van der Waals surface area contributed by atoms with Gasteiger partial charge in [-0.2, -0.15) is 0 Å².